The van der Waals surface area contributed by atoms with Gasteiger partial charge in [-0.05, 0) is 36.8 Å². The van der Waals surface area contributed by atoms with Gasteiger partial charge in [0.25, 0.3) is 0 Å². The van der Waals surface area contributed by atoms with Gasteiger partial charge in [0.15, 0.2) is 0 Å². The molecule has 100 valence electrons. The Morgan fingerprint density at radius 2 is 1.68 bits per heavy atom. The minimum Gasteiger partial charge on any atom is -0.385 e. The third-order valence-electron chi connectivity index (χ3n) is 3.00. The molecule has 1 atom stereocenters. The summed E-state index contributed by atoms with van der Waals surface area (Å²) < 4.78 is 40.3. The number of halogens is 3. The first-order valence-electron chi connectivity index (χ1n) is 5.81. The summed E-state index contributed by atoms with van der Waals surface area (Å²) in [6.07, 6.45) is -0.139. The van der Waals surface area contributed by atoms with E-state index in [1.807, 2.05) is 0 Å². The van der Waals surface area contributed by atoms with Crippen LogP contribution in [-0.4, -0.2) is 5.11 Å². The molecular formula is C15H13F3O. The summed E-state index contributed by atoms with van der Waals surface area (Å²) in [6.45, 7) is 1.33. The van der Waals surface area contributed by atoms with Gasteiger partial charge in [0.05, 0.1) is 5.60 Å². The van der Waals surface area contributed by atoms with E-state index in [9.17, 15) is 18.3 Å². The van der Waals surface area contributed by atoms with E-state index in [2.05, 4.69) is 0 Å². The molecular weight excluding hydrogens is 253 g/mol. The Morgan fingerprint density at radius 1 is 1.00 bits per heavy atom. The molecule has 0 aliphatic heterocycles. The average Bonchev–Trinajstić information content (AvgIpc) is 2.35. The molecule has 2 aromatic carbocycles. The largest absolute Gasteiger partial charge is 0.385 e. The van der Waals surface area contributed by atoms with Crippen molar-refractivity contribution in [2.75, 3.05) is 0 Å². The van der Waals surface area contributed by atoms with Gasteiger partial charge in [0.1, 0.15) is 17.5 Å². The molecule has 0 saturated carbocycles. The highest BCUT2D eigenvalue weighted by Crippen LogP contribution is 2.29. The predicted octanol–water partition coefficient (Wildman–Crippen LogP) is 3.55. The number of benzene rings is 2. The lowest BCUT2D eigenvalue weighted by atomic mass is 9.88. The van der Waals surface area contributed by atoms with Gasteiger partial charge in [-0.15, -0.1) is 0 Å². The summed E-state index contributed by atoms with van der Waals surface area (Å²) >= 11 is 0. The van der Waals surface area contributed by atoms with Crippen LogP contribution >= 0.6 is 0 Å². The van der Waals surface area contributed by atoms with E-state index in [1.165, 1.54) is 25.1 Å². The lowest BCUT2D eigenvalue weighted by Crippen LogP contribution is -2.26. The van der Waals surface area contributed by atoms with E-state index in [0.717, 1.165) is 18.2 Å². The second-order valence-corrected chi connectivity index (χ2v) is 4.67. The molecule has 19 heavy (non-hydrogen) atoms. The molecule has 0 bridgehead atoms. The summed E-state index contributed by atoms with van der Waals surface area (Å²) in [5.41, 5.74) is -1.62. The minimum atomic E-state index is -1.69. The summed E-state index contributed by atoms with van der Waals surface area (Å²) in [5.74, 6) is -1.85. The summed E-state index contributed by atoms with van der Waals surface area (Å²) in [7, 11) is 0. The van der Waals surface area contributed by atoms with E-state index in [4.69, 9.17) is 0 Å². The Hall–Kier alpha value is -1.81. The molecule has 0 radical (unpaired) electrons. The molecule has 0 aromatic heterocycles. The Kier molecular flexibility index (Phi) is 3.62. The monoisotopic (exact) mass is 266 g/mol. The van der Waals surface area contributed by atoms with E-state index >= 15 is 0 Å². The third-order valence-corrected chi connectivity index (χ3v) is 3.00. The predicted molar refractivity (Wildman–Crippen MR) is 66.0 cm³/mol. The van der Waals surface area contributed by atoms with Gasteiger partial charge in [-0.25, -0.2) is 13.2 Å². The Balaban J connectivity index is 2.37. The summed E-state index contributed by atoms with van der Waals surface area (Å²) in [6, 6.07) is 8.75. The van der Waals surface area contributed by atoms with Crippen LogP contribution in [-0.2, 0) is 12.0 Å². The van der Waals surface area contributed by atoms with Gasteiger partial charge in [-0.2, -0.15) is 0 Å². The number of hydrogen-bond donors (Lipinski definition) is 1. The van der Waals surface area contributed by atoms with E-state index < -0.39 is 23.1 Å². The Morgan fingerprint density at radius 3 is 2.37 bits per heavy atom. The topological polar surface area (TPSA) is 20.2 Å². The van der Waals surface area contributed by atoms with Crippen molar-refractivity contribution in [1.29, 1.82) is 0 Å². The standard InChI is InChI=1S/C15H13F3O/c1-15(19,9-10-4-2-3-5-13(10)17)12-8-11(16)6-7-14(12)18/h2-8,19H,9H2,1H3. The first-order valence-corrected chi connectivity index (χ1v) is 5.81. The SMILES string of the molecule is CC(O)(Cc1ccccc1F)c1cc(F)ccc1F. The van der Waals surface area contributed by atoms with Crippen LogP contribution in [0.25, 0.3) is 0 Å². The van der Waals surface area contributed by atoms with Crippen molar-refractivity contribution in [3.05, 3.63) is 71.0 Å². The second kappa shape index (κ2) is 5.05. The number of aliphatic hydroxyl groups is 1. The zero-order chi connectivity index (χ0) is 14.0. The van der Waals surface area contributed by atoms with Crippen LogP contribution in [0.15, 0.2) is 42.5 Å². The number of hydrogen-bond acceptors (Lipinski definition) is 1. The van der Waals surface area contributed by atoms with E-state index in [0.29, 0.717) is 0 Å². The Labute approximate surface area is 109 Å². The highest BCUT2D eigenvalue weighted by molar-refractivity contribution is 5.28. The molecule has 0 aliphatic rings. The van der Waals surface area contributed by atoms with Crippen molar-refractivity contribution < 1.29 is 18.3 Å². The van der Waals surface area contributed by atoms with Gasteiger partial charge >= 0.3 is 0 Å². The van der Waals surface area contributed by atoms with Crippen LogP contribution in [0.1, 0.15) is 18.1 Å². The molecule has 2 aromatic rings. The van der Waals surface area contributed by atoms with Crippen LogP contribution in [0.3, 0.4) is 0 Å². The summed E-state index contributed by atoms with van der Waals surface area (Å²) in [5, 5.41) is 10.3. The van der Waals surface area contributed by atoms with Crippen molar-refractivity contribution >= 4 is 0 Å². The van der Waals surface area contributed by atoms with Crippen molar-refractivity contribution in [2.45, 2.75) is 18.9 Å². The molecule has 0 amide bonds. The molecule has 0 fully saturated rings. The fraction of sp³-hybridized carbons (Fsp3) is 0.200. The van der Waals surface area contributed by atoms with Gasteiger partial charge < -0.3 is 5.11 Å². The fourth-order valence-corrected chi connectivity index (χ4v) is 2.02. The molecule has 2 rings (SSSR count). The van der Waals surface area contributed by atoms with Crippen molar-refractivity contribution in [3.8, 4) is 0 Å². The molecule has 1 unspecified atom stereocenters. The quantitative estimate of drug-likeness (QED) is 0.900. The van der Waals surface area contributed by atoms with Crippen LogP contribution in [0, 0.1) is 17.5 Å². The zero-order valence-corrected chi connectivity index (χ0v) is 10.3. The van der Waals surface area contributed by atoms with E-state index in [1.54, 1.807) is 6.07 Å². The lowest BCUT2D eigenvalue weighted by Gasteiger charge is -2.24. The molecule has 0 aliphatic carbocycles. The van der Waals surface area contributed by atoms with Gasteiger partial charge in [-0.3, -0.25) is 0 Å². The van der Waals surface area contributed by atoms with Crippen LogP contribution in [0.4, 0.5) is 13.2 Å². The maximum Gasteiger partial charge on any atom is 0.129 e. The lowest BCUT2D eigenvalue weighted by molar-refractivity contribution is 0.0525. The average molecular weight is 266 g/mol. The number of rotatable bonds is 3. The first kappa shape index (κ1) is 13.6. The van der Waals surface area contributed by atoms with Crippen LogP contribution < -0.4 is 0 Å². The van der Waals surface area contributed by atoms with Gasteiger partial charge in [-0.1, -0.05) is 18.2 Å². The highest BCUT2D eigenvalue weighted by atomic mass is 19.1. The van der Waals surface area contributed by atoms with E-state index in [-0.39, 0.29) is 17.5 Å². The van der Waals surface area contributed by atoms with Gasteiger partial charge in [0.2, 0.25) is 0 Å². The second-order valence-electron chi connectivity index (χ2n) is 4.67. The maximum atomic E-state index is 13.6. The minimum absolute atomic E-state index is 0.139. The van der Waals surface area contributed by atoms with Crippen LogP contribution in [0.2, 0.25) is 0 Å². The van der Waals surface area contributed by atoms with Gasteiger partial charge in [0, 0.05) is 12.0 Å². The first-order chi connectivity index (χ1) is 8.90. The van der Waals surface area contributed by atoms with Crippen molar-refractivity contribution in [1.82, 2.24) is 0 Å². The molecule has 4 heteroatoms. The summed E-state index contributed by atoms with van der Waals surface area (Å²) in [4.78, 5) is 0. The molecule has 0 heterocycles. The smallest absolute Gasteiger partial charge is 0.129 e. The molecule has 0 saturated heterocycles. The molecule has 0 spiro atoms. The van der Waals surface area contributed by atoms with Crippen molar-refractivity contribution in [2.24, 2.45) is 0 Å². The Bertz CT molecular complexity index is 594. The molecule has 1 nitrogen and oxygen atoms in total. The zero-order valence-electron chi connectivity index (χ0n) is 10.3. The molecule has 1 N–H and O–H groups in total. The fourth-order valence-electron chi connectivity index (χ4n) is 2.02. The van der Waals surface area contributed by atoms with Crippen molar-refractivity contribution in [3.63, 3.8) is 0 Å². The van der Waals surface area contributed by atoms with Crippen LogP contribution in [0.5, 0.6) is 0 Å². The maximum absolute atomic E-state index is 13.6. The normalized spacial score (nSPS) is 14.2. The third kappa shape index (κ3) is 2.96. The highest BCUT2D eigenvalue weighted by Gasteiger charge is 2.28.